The van der Waals surface area contributed by atoms with Gasteiger partial charge in [0.05, 0.1) is 12.3 Å². The summed E-state index contributed by atoms with van der Waals surface area (Å²) in [6.45, 7) is 10.7. The summed E-state index contributed by atoms with van der Waals surface area (Å²) in [4.78, 5) is 3.89. The third-order valence-electron chi connectivity index (χ3n) is 0.725. The Hall–Kier alpha value is -0.860. The molecule has 0 spiro atoms. The highest BCUT2D eigenvalue weighted by Gasteiger charge is 1.88. The van der Waals surface area contributed by atoms with Crippen LogP contribution in [0.2, 0.25) is 0 Å². The van der Waals surface area contributed by atoms with Gasteiger partial charge in [-0.25, -0.2) is 0 Å². The van der Waals surface area contributed by atoms with Gasteiger partial charge in [0, 0.05) is 0 Å². The highest BCUT2D eigenvalue weighted by Crippen LogP contribution is 1.79. The third-order valence-corrected chi connectivity index (χ3v) is 0.725. The molecule has 0 aromatic rings. The lowest BCUT2D eigenvalue weighted by Crippen LogP contribution is -2.14. The second kappa shape index (κ2) is 11.9. The molecule has 0 unspecified atom stereocenters. The van der Waals surface area contributed by atoms with Crippen molar-refractivity contribution in [2.75, 3.05) is 6.54 Å². The van der Waals surface area contributed by atoms with Crippen LogP contribution in [0.15, 0.2) is 10.1 Å². The van der Waals surface area contributed by atoms with Crippen molar-refractivity contribution < 1.29 is 0 Å². The maximum absolute atomic E-state index is 3.89. The Morgan fingerprint density at radius 3 is 2.00 bits per heavy atom. The first-order valence-electron chi connectivity index (χ1n) is 4.16. The number of nitrogens with one attached hydrogen (secondary N) is 1. The van der Waals surface area contributed by atoms with E-state index in [9.17, 15) is 0 Å². The van der Waals surface area contributed by atoms with Crippen LogP contribution in [0.1, 0.15) is 34.6 Å². The van der Waals surface area contributed by atoms with E-state index in [2.05, 4.69) is 15.5 Å². The van der Waals surface area contributed by atoms with Gasteiger partial charge in [-0.1, -0.05) is 27.7 Å². The minimum Gasteiger partial charge on any atom is -0.268 e. The molecule has 0 aromatic carbocycles. The highest BCUT2D eigenvalue weighted by molar-refractivity contribution is 5.86. The number of hydrazone groups is 1. The van der Waals surface area contributed by atoms with Crippen LogP contribution in [-0.2, 0) is 0 Å². The molecule has 3 nitrogen and oxygen atoms in total. The van der Waals surface area contributed by atoms with Crippen molar-refractivity contribution in [1.82, 2.24) is 5.43 Å². The predicted octanol–water partition coefficient (Wildman–Crippen LogP) is 2.05. The standard InChI is InChI=1S/C4H7N3.2C2H6/c1-4-2-5-3-6-7-4;2*1-2/h3H,2H2,1H3,(H,5,6);2*1-2H3. The number of hydrogen-bond acceptors (Lipinski definition) is 3. The van der Waals surface area contributed by atoms with Crippen LogP contribution in [0.4, 0.5) is 0 Å². The van der Waals surface area contributed by atoms with Crippen molar-refractivity contribution in [2.45, 2.75) is 34.6 Å². The Morgan fingerprint density at radius 2 is 1.82 bits per heavy atom. The van der Waals surface area contributed by atoms with Gasteiger partial charge in [-0.05, 0) is 6.92 Å². The number of hydrogen-bond donors (Lipinski definition) is 1. The van der Waals surface area contributed by atoms with E-state index in [0.717, 1.165) is 12.3 Å². The van der Waals surface area contributed by atoms with Gasteiger partial charge in [0.25, 0.3) is 0 Å². The molecule has 0 saturated heterocycles. The fourth-order valence-electron chi connectivity index (χ4n) is 0.393. The molecule has 0 fully saturated rings. The van der Waals surface area contributed by atoms with E-state index in [1.54, 1.807) is 6.34 Å². The fraction of sp³-hybridized carbons (Fsp3) is 0.750. The summed E-state index contributed by atoms with van der Waals surface area (Å²) >= 11 is 0. The van der Waals surface area contributed by atoms with Gasteiger partial charge in [0.1, 0.15) is 6.34 Å². The lowest BCUT2D eigenvalue weighted by Gasteiger charge is -1.99. The van der Waals surface area contributed by atoms with Gasteiger partial charge in [-0.2, -0.15) is 5.10 Å². The average Bonchev–Trinajstić information content (AvgIpc) is 2.13. The zero-order valence-electron chi connectivity index (χ0n) is 8.18. The Bertz CT molecular complexity index is 117. The first-order valence-corrected chi connectivity index (χ1v) is 4.16. The topological polar surface area (TPSA) is 36.8 Å². The highest BCUT2D eigenvalue weighted by atomic mass is 15.3. The molecule has 1 aliphatic rings. The van der Waals surface area contributed by atoms with Crippen LogP contribution in [0.5, 0.6) is 0 Å². The molecule has 0 aliphatic carbocycles. The summed E-state index contributed by atoms with van der Waals surface area (Å²) in [5.74, 6) is 0. The van der Waals surface area contributed by atoms with Crippen LogP contribution in [0.3, 0.4) is 0 Å². The minimum atomic E-state index is 0.743. The minimum absolute atomic E-state index is 0.743. The van der Waals surface area contributed by atoms with Crippen LogP contribution < -0.4 is 5.43 Å². The Balaban J connectivity index is 0. The van der Waals surface area contributed by atoms with Crippen molar-refractivity contribution >= 4 is 12.1 Å². The maximum Gasteiger partial charge on any atom is 0.103 e. The van der Waals surface area contributed by atoms with Gasteiger partial charge >= 0.3 is 0 Å². The second-order valence-electron chi connectivity index (χ2n) is 1.45. The predicted molar refractivity (Wildman–Crippen MR) is 52.3 cm³/mol. The summed E-state index contributed by atoms with van der Waals surface area (Å²) in [5.41, 5.74) is 3.66. The lowest BCUT2D eigenvalue weighted by molar-refractivity contribution is 0.992. The van der Waals surface area contributed by atoms with E-state index in [4.69, 9.17) is 0 Å². The average molecular weight is 157 g/mol. The smallest absolute Gasteiger partial charge is 0.103 e. The number of rotatable bonds is 0. The molecule has 0 bridgehead atoms. The second-order valence-corrected chi connectivity index (χ2v) is 1.45. The van der Waals surface area contributed by atoms with Crippen LogP contribution in [-0.4, -0.2) is 18.6 Å². The number of nitrogens with zero attached hydrogens (tertiary/aromatic N) is 2. The Morgan fingerprint density at radius 1 is 1.27 bits per heavy atom. The zero-order valence-corrected chi connectivity index (χ0v) is 8.18. The Labute approximate surface area is 69.6 Å². The summed E-state index contributed by atoms with van der Waals surface area (Å²) in [7, 11) is 0. The van der Waals surface area contributed by atoms with Crippen molar-refractivity contribution in [1.29, 1.82) is 0 Å². The van der Waals surface area contributed by atoms with Crippen molar-refractivity contribution in [2.24, 2.45) is 10.1 Å². The van der Waals surface area contributed by atoms with Crippen LogP contribution >= 0.6 is 0 Å². The number of aliphatic imine (C=N–C) groups is 1. The van der Waals surface area contributed by atoms with Gasteiger partial charge < -0.3 is 0 Å². The third kappa shape index (κ3) is 9.14. The van der Waals surface area contributed by atoms with Gasteiger partial charge in [0.2, 0.25) is 0 Å². The summed E-state index contributed by atoms with van der Waals surface area (Å²) in [5, 5.41) is 3.85. The van der Waals surface area contributed by atoms with Gasteiger partial charge in [-0.15, -0.1) is 0 Å². The monoisotopic (exact) mass is 157 g/mol. The first kappa shape index (κ1) is 12.8. The molecule has 66 valence electrons. The van der Waals surface area contributed by atoms with Crippen molar-refractivity contribution in [3.05, 3.63) is 0 Å². The van der Waals surface area contributed by atoms with Crippen molar-refractivity contribution in [3.8, 4) is 0 Å². The Kier molecular flexibility index (Phi) is 13.8. The first-order chi connectivity index (χ1) is 5.39. The molecule has 11 heavy (non-hydrogen) atoms. The molecule has 0 amide bonds. The molecular weight excluding hydrogens is 138 g/mol. The van der Waals surface area contributed by atoms with E-state index >= 15 is 0 Å². The molecule has 0 radical (unpaired) electrons. The summed E-state index contributed by atoms with van der Waals surface area (Å²) in [6, 6.07) is 0. The largest absolute Gasteiger partial charge is 0.268 e. The molecule has 3 heteroatoms. The van der Waals surface area contributed by atoms with Gasteiger partial charge in [-0.3, -0.25) is 10.4 Å². The summed E-state index contributed by atoms with van der Waals surface area (Å²) in [6.07, 6.45) is 1.59. The van der Waals surface area contributed by atoms with E-state index in [0.29, 0.717) is 0 Å². The molecule has 0 saturated carbocycles. The molecule has 1 rings (SSSR count). The molecule has 1 heterocycles. The lowest BCUT2D eigenvalue weighted by atomic mass is 10.4. The van der Waals surface area contributed by atoms with E-state index < -0.39 is 0 Å². The quantitative estimate of drug-likeness (QED) is 0.574. The van der Waals surface area contributed by atoms with E-state index in [-0.39, 0.29) is 0 Å². The normalized spacial score (nSPS) is 12.6. The van der Waals surface area contributed by atoms with Gasteiger partial charge in [0.15, 0.2) is 0 Å². The van der Waals surface area contributed by atoms with E-state index in [1.807, 2.05) is 34.6 Å². The zero-order chi connectivity index (χ0) is 9.11. The summed E-state index contributed by atoms with van der Waals surface area (Å²) < 4.78 is 0. The SMILES string of the molecule is CC.CC.CC1=NNC=NC1. The van der Waals surface area contributed by atoms with Crippen LogP contribution in [0, 0.1) is 0 Å². The van der Waals surface area contributed by atoms with E-state index in [1.165, 1.54) is 0 Å². The maximum atomic E-state index is 3.89. The van der Waals surface area contributed by atoms with Crippen LogP contribution in [0.25, 0.3) is 0 Å². The molecule has 1 N–H and O–H groups in total. The molecular formula is C8H19N3. The fourth-order valence-corrected chi connectivity index (χ4v) is 0.393. The van der Waals surface area contributed by atoms with Crippen molar-refractivity contribution in [3.63, 3.8) is 0 Å². The molecule has 1 aliphatic heterocycles. The molecule has 0 atom stereocenters. The molecule has 0 aromatic heterocycles.